The highest BCUT2D eigenvalue weighted by Crippen LogP contribution is 2.36. The van der Waals surface area contributed by atoms with Crippen molar-refractivity contribution in [2.75, 3.05) is 10.6 Å². The van der Waals surface area contributed by atoms with Gasteiger partial charge in [0.1, 0.15) is 6.54 Å². The normalized spacial score (nSPS) is 11.4. The Bertz CT molecular complexity index is 1260. The molecule has 10 nitrogen and oxygen atoms in total. The topological polar surface area (TPSA) is 136 Å². The van der Waals surface area contributed by atoms with E-state index < -0.39 is 46.5 Å². The molecule has 2 amide bonds. The third kappa shape index (κ3) is 4.71. The Hall–Kier alpha value is -4.16. The lowest BCUT2D eigenvalue weighted by Crippen LogP contribution is -2.26. The van der Waals surface area contributed by atoms with Gasteiger partial charge in [-0.25, -0.2) is 4.79 Å². The molecule has 0 unspecified atom stereocenters. The molecule has 2 N–H and O–H groups in total. The molecular weight excluding hydrogens is 425 g/mol. The van der Waals surface area contributed by atoms with Crippen LogP contribution in [0.15, 0.2) is 45.6 Å². The molecule has 0 saturated heterocycles. The van der Waals surface area contributed by atoms with Crippen molar-refractivity contribution < 1.29 is 32.1 Å². The van der Waals surface area contributed by atoms with Crippen molar-refractivity contribution in [3.05, 3.63) is 62.6 Å². The number of nitro groups is 1. The van der Waals surface area contributed by atoms with E-state index in [0.717, 1.165) is 29.7 Å². The van der Waals surface area contributed by atoms with E-state index in [4.69, 9.17) is 4.42 Å². The number of carbonyl (C=O) groups excluding carboxylic acids is 2. The van der Waals surface area contributed by atoms with E-state index in [1.807, 2.05) is 0 Å². The van der Waals surface area contributed by atoms with Crippen molar-refractivity contribution in [2.45, 2.75) is 19.6 Å². The summed E-state index contributed by atoms with van der Waals surface area (Å²) < 4.78 is 45.8. The SMILES string of the molecule is CC(=O)Nc1ccc(NC(=O)Cn2c(=O)oc3cc([N+](=O)[O-])ccc32)c(C(F)(F)F)c1. The summed E-state index contributed by atoms with van der Waals surface area (Å²) >= 11 is 0. The van der Waals surface area contributed by atoms with Gasteiger partial charge < -0.3 is 15.1 Å². The van der Waals surface area contributed by atoms with Crippen LogP contribution in [0.2, 0.25) is 0 Å². The van der Waals surface area contributed by atoms with Crippen molar-refractivity contribution >= 4 is 40.0 Å². The summed E-state index contributed by atoms with van der Waals surface area (Å²) in [5.41, 5.74) is -2.33. The van der Waals surface area contributed by atoms with Gasteiger partial charge in [-0.15, -0.1) is 0 Å². The molecule has 0 bridgehead atoms. The number of rotatable bonds is 5. The number of nitro benzene ring substituents is 1. The number of anilines is 2. The fraction of sp³-hybridized carbons (Fsp3) is 0.167. The van der Waals surface area contributed by atoms with E-state index in [0.29, 0.717) is 6.07 Å². The number of benzene rings is 2. The molecule has 2 aromatic carbocycles. The smallest absolute Gasteiger partial charge is 0.407 e. The second-order valence-corrected chi connectivity index (χ2v) is 6.35. The lowest BCUT2D eigenvalue weighted by atomic mass is 10.1. The summed E-state index contributed by atoms with van der Waals surface area (Å²) in [7, 11) is 0. The maximum Gasteiger partial charge on any atom is 0.420 e. The van der Waals surface area contributed by atoms with Crippen LogP contribution >= 0.6 is 0 Å². The van der Waals surface area contributed by atoms with Crippen LogP contribution in [0.1, 0.15) is 12.5 Å². The molecule has 0 spiro atoms. The summed E-state index contributed by atoms with van der Waals surface area (Å²) in [6.07, 6.45) is -4.84. The predicted octanol–water partition coefficient (Wildman–Crippen LogP) is 3.12. The highest BCUT2D eigenvalue weighted by molar-refractivity contribution is 5.94. The first-order valence-corrected chi connectivity index (χ1v) is 8.52. The number of aromatic nitrogens is 1. The second-order valence-electron chi connectivity index (χ2n) is 6.35. The molecule has 0 fully saturated rings. The molecule has 3 aromatic rings. The number of hydrogen-bond donors (Lipinski definition) is 2. The number of hydrogen-bond acceptors (Lipinski definition) is 6. The monoisotopic (exact) mass is 438 g/mol. The van der Waals surface area contributed by atoms with Crippen LogP contribution in [0, 0.1) is 10.1 Å². The van der Waals surface area contributed by atoms with Crippen molar-refractivity contribution in [1.29, 1.82) is 0 Å². The highest BCUT2D eigenvalue weighted by Gasteiger charge is 2.34. The summed E-state index contributed by atoms with van der Waals surface area (Å²) in [4.78, 5) is 45.5. The first-order valence-electron chi connectivity index (χ1n) is 8.52. The van der Waals surface area contributed by atoms with Crippen LogP contribution < -0.4 is 16.4 Å². The van der Waals surface area contributed by atoms with E-state index in [9.17, 15) is 37.7 Å². The van der Waals surface area contributed by atoms with Crippen LogP contribution in [-0.4, -0.2) is 21.3 Å². The number of carbonyl (C=O) groups is 2. The molecule has 162 valence electrons. The van der Waals surface area contributed by atoms with Gasteiger partial charge in [0.05, 0.1) is 27.8 Å². The Morgan fingerprint density at radius 3 is 2.48 bits per heavy atom. The van der Waals surface area contributed by atoms with E-state index >= 15 is 0 Å². The van der Waals surface area contributed by atoms with E-state index in [-0.39, 0.29) is 22.5 Å². The van der Waals surface area contributed by atoms with Crippen molar-refractivity contribution in [2.24, 2.45) is 0 Å². The van der Waals surface area contributed by atoms with Crippen molar-refractivity contribution in [3.8, 4) is 0 Å². The van der Waals surface area contributed by atoms with Gasteiger partial charge in [0.15, 0.2) is 5.58 Å². The Morgan fingerprint density at radius 2 is 1.87 bits per heavy atom. The fourth-order valence-corrected chi connectivity index (χ4v) is 2.82. The maximum atomic E-state index is 13.4. The molecule has 13 heteroatoms. The van der Waals surface area contributed by atoms with Gasteiger partial charge in [-0.2, -0.15) is 13.2 Å². The minimum Gasteiger partial charge on any atom is -0.407 e. The Labute approximate surface area is 170 Å². The van der Waals surface area contributed by atoms with Crippen molar-refractivity contribution in [1.82, 2.24) is 4.57 Å². The number of oxazole rings is 1. The van der Waals surface area contributed by atoms with Crippen LogP contribution in [-0.2, 0) is 22.3 Å². The number of nitrogens with zero attached hydrogens (tertiary/aromatic N) is 2. The van der Waals surface area contributed by atoms with Crippen LogP contribution in [0.5, 0.6) is 0 Å². The zero-order valence-corrected chi connectivity index (χ0v) is 15.6. The van der Waals surface area contributed by atoms with Gasteiger partial charge in [-0.05, 0) is 24.3 Å². The zero-order chi connectivity index (χ0) is 22.9. The Morgan fingerprint density at radius 1 is 1.16 bits per heavy atom. The van der Waals surface area contributed by atoms with Gasteiger partial charge >= 0.3 is 11.9 Å². The van der Waals surface area contributed by atoms with Gasteiger partial charge in [0, 0.05) is 18.7 Å². The zero-order valence-electron chi connectivity index (χ0n) is 15.6. The molecule has 3 rings (SSSR count). The maximum absolute atomic E-state index is 13.4. The molecule has 1 heterocycles. The largest absolute Gasteiger partial charge is 0.420 e. The van der Waals surface area contributed by atoms with Gasteiger partial charge in [-0.1, -0.05) is 0 Å². The lowest BCUT2D eigenvalue weighted by Gasteiger charge is -2.15. The van der Waals surface area contributed by atoms with Gasteiger partial charge in [-0.3, -0.25) is 24.3 Å². The second kappa shape index (κ2) is 7.93. The minimum absolute atomic E-state index is 0.0581. The van der Waals surface area contributed by atoms with Crippen LogP contribution in [0.4, 0.5) is 30.2 Å². The highest BCUT2D eigenvalue weighted by atomic mass is 19.4. The standard InChI is InChI=1S/C18H13F3N4O6/c1-9(26)22-10-2-4-13(12(6-10)18(19,20)21)23-16(27)8-24-14-5-3-11(25(29)30)7-15(14)31-17(24)28/h2-7H,8H2,1H3,(H,22,26)(H,23,27). The summed E-state index contributed by atoms with van der Waals surface area (Å²) in [5.74, 6) is -2.56. The average molecular weight is 438 g/mol. The summed E-state index contributed by atoms with van der Waals surface area (Å²) in [6, 6.07) is 6.07. The van der Waals surface area contributed by atoms with E-state index in [1.165, 1.54) is 12.1 Å². The van der Waals surface area contributed by atoms with Gasteiger partial charge in [0.2, 0.25) is 11.8 Å². The molecule has 0 saturated carbocycles. The minimum atomic E-state index is -4.84. The molecule has 0 radical (unpaired) electrons. The van der Waals surface area contributed by atoms with Crippen LogP contribution in [0.3, 0.4) is 0 Å². The number of non-ortho nitro benzene ring substituents is 1. The average Bonchev–Trinajstić information content (AvgIpc) is 2.96. The van der Waals surface area contributed by atoms with Crippen molar-refractivity contribution in [3.63, 3.8) is 0 Å². The molecule has 0 aliphatic heterocycles. The third-order valence-electron chi connectivity index (χ3n) is 4.08. The summed E-state index contributed by atoms with van der Waals surface area (Å²) in [5, 5.41) is 15.1. The predicted molar refractivity (Wildman–Crippen MR) is 102 cm³/mol. The first kappa shape index (κ1) is 21.5. The Balaban J connectivity index is 1.89. The Kier molecular flexibility index (Phi) is 5.51. The molecule has 31 heavy (non-hydrogen) atoms. The molecular formula is C18H13F3N4O6. The molecule has 1 aromatic heterocycles. The van der Waals surface area contributed by atoms with E-state index in [1.54, 1.807) is 0 Å². The quantitative estimate of drug-likeness (QED) is 0.464. The molecule has 0 atom stereocenters. The number of halogens is 3. The summed E-state index contributed by atoms with van der Waals surface area (Å²) in [6.45, 7) is 0.429. The molecule has 0 aliphatic carbocycles. The van der Waals surface area contributed by atoms with Crippen LogP contribution in [0.25, 0.3) is 11.1 Å². The van der Waals surface area contributed by atoms with E-state index in [2.05, 4.69) is 10.6 Å². The number of fused-ring (bicyclic) bond motifs is 1. The lowest BCUT2D eigenvalue weighted by molar-refractivity contribution is -0.384. The first-order chi connectivity index (χ1) is 14.5. The fourth-order valence-electron chi connectivity index (χ4n) is 2.82. The molecule has 0 aliphatic rings. The van der Waals surface area contributed by atoms with Gasteiger partial charge in [0.25, 0.3) is 5.69 Å². The number of amides is 2. The number of nitrogens with one attached hydrogen (secondary N) is 2. The third-order valence-corrected chi connectivity index (χ3v) is 4.08. The number of alkyl halides is 3.